The van der Waals surface area contributed by atoms with Gasteiger partial charge in [0.25, 0.3) is 0 Å². The molecule has 18 heavy (non-hydrogen) atoms. The third kappa shape index (κ3) is 2.51. The number of carbonyl (C=O) groups excluding carboxylic acids is 1. The number of thiazole rings is 1. The largest absolute Gasteiger partial charge is 0.292 e. The van der Waals surface area contributed by atoms with Crippen LogP contribution in [-0.4, -0.2) is 10.8 Å². The Bertz CT molecular complexity index is 567. The Labute approximate surface area is 112 Å². The van der Waals surface area contributed by atoms with Gasteiger partial charge in [-0.05, 0) is 24.0 Å². The van der Waals surface area contributed by atoms with Crippen LogP contribution in [0.25, 0.3) is 10.4 Å². The predicted molar refractivity (Wildman–Crippen MR) is 76.4 cm³/mol. The molecule has 0 aliphatic rings. The summed E-state index contributed by atoms with van der Waals surface area (Å²) in [5.74, 6) is 0.572. The molecule has 0 aliphatic heterocycles. The molecule has 0 unspecified atom stereocenters. The molecular formula is C15H17NOS. The molecule has 1 aromatic carbocycles. The zero-order chi connectivity index (χ0) is 13.3. The molecule has 3 heteroatoms. The average Bonchev–Trinajstić information content (AvgIpc) is 2.71. The van der Waals surface area contributed by atoms with Gasteiger partial charge in [0.2, 0.25) is 0 Å². The molecule has 1 heterocycles. The molecular weight excluding hydrogens is 242 g/mol. The second kappa shape index (κ2) is 5.02. The molecule has 0 saturated carbocycles. The summed E-state index contributed by atoms with van der Waals surface area (Å²) in [4.78, 5) is 16.7. The van der Waals surface area contributed by atoms with Gasteiger partial charge in [-0.2, -0.15) is 0 Å². The molecule has 0 saturated heterocycles. The number of ketones is 1. The van der Waals surface area contributed by atoms with E-state index in [4.69, 9.17) is 0 Å². The fraction of sp³-hybridized carbons (Fsp3) is 0.333. The number of aryl methyl sites for hydroxylation is 1. The van der Waals surface area contributed by atoms with Crippen LogP contribution in [-0.2, 0) is 0 Å². The molecule has 2 nitrogen and oxygen atoms in total. The highest BCUT2D eigenvalue weighted by molar-refractivity contribution is 7.17. The van der Waals surface area contributed by atoms with Crippen molar-refractivity contribution in [1.29, 1.82) is 0 Å². The van der Waals surface area contributed by atoms with Crippen molar-refractivity contribution < 1.29 is 4.79 Å². The lowest BCUT2D eigenvalue weighted by Crippen LogP contribution is -1.89. The van der Waals surface area contributed by atoms with E-state index in [1.54, 1.807) is 6.92 Å². The highest BCUT2D eigenvalue weighted by atomic mass is 32.1. The predicted octanol–water partition coefficient (Wildman–Crippen LogP) is 4.44. The lowest BCUT2D eigenvalue weighted by atomic mass is 10.0. The highest BCUT2D eigenvalue weighted by Crippen LogP contribution is 2.31. The van der Waals surface area contributed by atoms with Crippen LogP contribution in [0.3, 0.4) is 0 Å². The van der Waals surface area contributed by atoms with Crippen LogP contribution in [0.1, 0.15) is 47.7 Å². The van der Waals surface area contributed by atoms with Crippen molar-refractivity contribution in [3.8, 4) is 10.4 Å². The third-order valence-corrected chi connectivity index (χ3v) is 4.24. The quantitative estimate of drug-likeness (QED) is 0.762. The van der Waals surface area contributed by atoms with Gasteiger partial charge in [-0.15, -0.1) is 11.3 Å². The zero-order valence-corrected chi connectivity index (χ0v) is 12.0. The number of hydrogen-bond acceptors (Lipinski definition) is 3. The van der Waals surface area contributed by atoms with E-state index in [0.717, 1.165) is 16.1 Å². The number of hydrogen-bond donors (Lipinski definition) is 0. The molecule has 0 spiro atoms. The first-order valence-electron chi connectivity index (χ1n) is 6.07. The summed E-state index contributed by atoms with van der Waals surface area (Å²) in [6.45, 7) is 7.88. The van der Waals surface area contributed by atoms with Crippen molar-refractivity contribution >= 4 is 17.1 Å². The first-order valence-corrected chi connectivity index (χ1v) is 6.89. The molecule has 94 valence electrons. The van der Waals surface area contributed by atoms with E-state index in [2.05, 4.69) is 43.1 Å². The van der Waals surface area contributed by atoms with Gasteiger partial charge in [0.1, 0.15) is 0 Å². The van der Waals surface area contributed by atoms with Crippen LogP contribution in [0.2, 0.25) is 0 Å². The van der Waals surface area contributed by atoms with Gasteiger partial charge in [-0.25, -0.2) is 4.98 Å². The Hall–Kier alpha value is -1.48. The van der Waals surface area contributed by atoms with Crippen molar-refractivity contribution in [1.82, 2.24) is 4.98 Å². The number of benzene rings is 1. The number of carbonyl (C=O) groups is 1. The summed E-state index contributed by atoms with van der Waals surface area (Å²) in [7, 11) is 0. The van der Waals surface area contributed by atoms with Crippen molar-refractivity contribution in [2.24, 2.45) is 0 Å². The molecule has 0 aliphatic carbocycles. The van der Waals surface area contributed by atoms with Gasteiger partial charge in [0, 0.05) is 6.92 Å². The van der Waals surface area contributed by atoms with E-state index in [1.807, 2.05) is 6.92 Å². The minimum atomic E-state index is 0.0353. The Balaban J connectivity index is 2.39. The van der Waals surface area contributed by atoms with E-state index >= 15 is 0 Å². The van der Waals surface area contributed by atoms with E-state index < -0.39 is 0 Å². The lowest BCUT2D eigenvalue weighted by Gasteiger charge is -2.06. The Morgan fingerprint density at radius 2 is 1.83 bits per heavy atom. The first kappa shape index (κ1) is 13.0. The first-order chi connectivity index (χ1) is 8.49. The normalized spacial score (nSPS) is 10.9. The lowest BCUT2D eigenvalue weighted by molar-refractivity contribution is 0.101. The minimum Gasteiger partial charge on any atom is -0.292 e. The van der Waals surface area contributed by atoms with Crippen LogP contribution in [0.4, 0.5) is 0 Å². The van der Waals surface area contributed by atoms with E-state index in [1.165, 1.54) is 16.9 Å². The summed E-state index contributed by atoms with van der Waals surface area (Å²) in [6.07, 6.45) is 0. The Morgan fingerprint density at radius 1 is 1.22 bits per heavy atom. The standard InChI is InChI=1S/C15H17NOS/c1-9(2)12-5-7-13(8-6-12)14-10(3)16-15(18-14)11(4)17/h5-9H,1-4H3. The molecule has 0 bridgehead atoms. The monoisotopic (exact) mass is 259 g/mol. The molecule has 1 aromatic heterocycles. The minimum absolute atomic E-state index is 0.0353. The fourth-order valence-electron chi connectivity index (χ4n) is 1.83. The van der Waals surface area contributed by atoms with Crippen LogP contribution in [0, 0.1) is 6.92 Å². The van der Waals surface area contributed by atoms with Gasteiger partial charge >= 0.3 is 0 Å². The number of aromatic nitrogens is 1. The third-order valence-electron chi connectivity index (χ3n) is 2.94. The summed E-state index contributed by atoms with van der Waals surface area (Å²) in [6, 6.07) is 8.51. The smallest absolute Gasteiger partial charge is 0.188 e. The van der Waals surface area contributed by atoms with Crippen molar-refractivity contribution in [3.63, 3.8) is 0 Å². The van der Waals surface area contributed by atoms with E-state index in [-0.39, 0.29) is 5.78 Å². The van der Waals surface area contributed by atoms with Gasteiger partial charge in [-0.3, -0.25) is 4.79 Å². The molecule has 0 N–H and O–H groups in total. The molecule has 2 aromatic rings. The maximum absolute atomic E-state index is 11.3. The van der Waals surface area contributed by atoms with E-state index in [9.17, 15) is 4.79 Å². The van der Waals surface area contributed by atoms with Crippen molar-refractivity contribution in [3.05, 3.63) is 40.5 Å². The van der Waals surface area contributed by atoms with Crippen molar-refractivity contribution in [2.45, 2.75) is 33.6 Å². The summed E-state index contributed by atoms with van der Waals surface area (Å²) < 4.78 is 0. The zero-order valence-electron chi connectivity index (χ0n) is 11.2. The number of nitrogens with zero attached hydrogens (tertiary/aromatic N) is 1. The van der Waals surface area contributed by atoms with Crippen LogP contribution in [0.15, 0.2) is 24.3 Å². The van der Waals surface area contributed by atoms with Crippen LogP contribution in [0.5, 0.6) is 0 Å². The van der Waals surface area contributed by atoms with Crippen LogP contribution >= 0.6 is 11.3 Å². The average molecular weight is 259 g/mol. The maximum Gasteiger partial charge on any atom is 0.188 e. The van der Waals surface area contributed by atoms with Gasteiger partial charge in [0.15, 0.2) is 10.8 Å². The van der Waals surface area contributed by atoms with Gasteiger partial charge < -0.3 is 0 Å². The summed E-state index contributed by atoms with van der Waals surface area (Å²) >= 11 is 1.47. The fourth-order valence-corrected chi connectivity index (χ4v) is 2.80. The number of rotatable bonds is 3. The van der Waals surface area contributed by atoms with Crippen molar-refractivity contribution in [2.75, 3.05) is 0 Å². The Morgan fingerprint density at radius 3 is 2.28 bits per heavy atom. The molecule has 0 atom stereocenters. The van der Waals surface area contributed by atoms with Gasteiger partial charge in [0.05, 0.1) is 10.6 Å². The second-order valence-electron chi connectivity index (χ2n) is 4.77. The molecule has 0 fully saturated rings. The molecule has 2 rings (SSSR count). The SMILES string of the molecule is CC(=O)c1nc(C)c(-c2ccc(C(C)C)cc2)s1. The topological polar surface area (TPSA) is 30.0 Å². The highest BCUT2D eigenvalue weighted by Gasteiger charge is 2.12. The molecule has 0 radical (unpaired) electrons. The molecule has 0 amide bonds. The summed E-state index contributed by atoms with van der Waals surface area (Å²) in [5.41, 5.74) is 3.40. The second-order valence-corrected chi connectivity index (χ2v) is 5.77. The van der Waals surface area contributed by atoms with Crippen LogP contribution < -0.4 is 0 Å². The maximum atomic E-state index is 11.3. The number of Topliss-reactive ketones (excluding diaryl/α,β-unsaturated/α-hetero) is 1. The van der Waals surface area contributed by atoms with E-state index in [0.29, 0.717) is 10.9 Å². The summed E-state index contributed by atoms with van der Waals surface area (Å²) in [5, 5.41) is 0.593. The Kier molecular flexibility index (Phi) is 3.62. The van der Waals surface area contributed by atoms with Gasteiger partial charge in [-0.1, -0.05) is 38.1 Å².